The van der Waals surface area contributed by atoms with Crippen LogP contribution in [0.1, 0.15) is 96.7 Å². The number of hydrogen-bond acceptors (Lipinski definition) is 2. The van der Waals surface area contributed by atoms with Gasteiger partial charge in [-0.15, -0.1) is 0 Å². The summed E-state index contributed by atoms with van der Waals surface area (Å²) in [6, 6.07) is 0. The smallest absolute Gasteiger partial charge is 0.0752 e. The van der Waals surface area contributed by atoms with Crippen molar-refractivity contribution in [2.24, 2.45) is 46.8 Å². The van der Waals surface area contributed by atoms with Crippen molar-refractivity contribution in [2.75, 3.05) is 0 Å². The second-order valence-electron chi connectivity index (χ2n) is 13.7. The Morgan fingerprint density at radius 3 is 2.76 bits per heavy atom. The first kappa shape index (κ1) is 21.2. The van der Waals surface area contributed by atoms with Gasteiger partial charge in [-0.05, 0) is 124 Å². The van der Waals surface area contributed by atoms with Crippen LogP contribution in [0.5, 0.6) is 0 Å². The highest BCUT2D eigenvalue weighted by molar-refractivity contribution is 5.32. The van der Waals surface area contributed by atoms with Crippen LogP contribution in [-0.4, -0.2) is 21.9 Å². The van der Waals surface area contributed by atoms with Gasteiger partial charge in [0.25, 0.3) is 0 Å². The molecule has 3 heteroatoms. The molecule has 5 aliphatic carbocycles. The van der Waals surface area contributed by atoms with E-state index < -0.39 is 0 Å². The largest absolute Gasteiger partial charge is 0.371 e. The summed E-state index contributed by atoms with van der Waals surface area (Å²) in [6.45, 7) is 10.2. The number of fused-ring (bicyclic) bond motifs is 7. The molecule has 0 amide bonds. The SMILES string of the molecule is CC1=C2C[C@H]3[C@@H](CC[C@@H]4Cc5[nH]ncc5C[C@@]43C)[C@@H]2CC[C@@]2(C1)O[C@@H]1C[C@H](C)CC[C@H]1[C@H]2C. The molecule has 6 aliphatic rings. The number of nitrogens with one attached hydrogen (secondary N) is 1. The second kappa shape index (κ2) is 7.21. The molecule has 4 fully saturated rings. The molecule has 1 aromatic heterocycles. The molecule has 1 N–H and O–H groups in total. The molecule has 180 valence electrons. The summed E-state index contributed by atoms with van der Waals surface area (Å²) in [5.74, 6) is 5.82. The van der Waals surface area contributed by atoms with Crippen LogP contribution in [0.4, 0.5) is 0 Å². The van der Waals surface area contributed by atoms with E-state index in [-0.39, 0.29) is 5.60 Å². The summed E-state index contributed by atoms with van der Waals surface area (Å²) in [5.41, 5.74) is 7.14. The third kappa shape index (κ3) is 2.93. The molecule has 0 bridgehead atoms. The maximum Gasteiger partial charge on any atom is 0.0752 e. The van der Waals surface area contributed by atoms with Gasteiger partial charge in [-0.25, -0.2) is 0 Å². The van der Waals surface area contributed by atoms with Gasteiger partial charge in [0, 0.05) is 5.69 Å². The molecule has 0 radical (unpaired) electrons. The van der Waals surface area contributed by atoms with Gasteiger partial charge in [0.15, 0.2) is 0 Å². The van der Waals surface area contributed by atoms with Gasteiger partial charge in [0.05, 0.1) is 17.9 Å². The lowest BCUT2D eigenvalue weighted by molar-refractivity contribution is -0.0750. The normalized spacial score (nSPS) is 50.9. The summed E-state index contributed by atoms with van der Waals surface area (Å²) in [7, 11) is 0. The molecule has 10 atom stereocenters. The quantitative estimate of drug-likeness (QED) is 0.439. The molecular formula is C30H44N2O. The number of nitrogens with zero attached hydrogens (tertiary/aromatic N) is 1. The molecule has 3 nitrogen and oxygen atoms in total. The topological polar surface area (TPSA) is 37.9 Å². The van der Waals surface area contributed by atoms with Crippen molar-refractivity contribution in [3.63, 3.8) is 0 Å². The van der Waals surface area contributed by atoms with Crippen molar-refractivity contribution >= 4 is 0 Å². The Balaban J connectivity index is 1.19. The molecule has 7 rings (SSSR count). The van der Waals surface area contributed by atoms with Gasteiger partial charge in [-0.3, -0.25) is 5.10 Å². The predicted octanol–water partition coefficient (Wildman–Crippen LogP) is 6.89. The van der Waals surface area contributed by atoms with E-state index in [1.54, 1.807) is 5.57 Å². The maximum absolute atomic E-state index is 7.12. The van der Waals surface area contributed by atoms with Crippen LogP contribution in [-0.2, 0) is 17.6 Å². The zero-order valence-corrected chi connectivity index (χ0v) is 21.3. The maximum atomic E-state index is 7.12. The van der Waals surface area contributed by atoms with E-state index in [0.29, 0.717) is 11.5 Å². The fraction of sp³-hybridized carbons (Fsp3) is 0.833. The standard InChI is InChI=1S/C30H44N2O/c1-17-5-7-22-19(3)30(33-28(22)11-17)10-9-23-24-8-6-21-12-27-20(16-31-32-27)15-29(21,4)26(24)13-25(23)18(2)14-30/h16-17,19,21-24,26,28H,5-15H2,1-4H3,(H,31,32)/t17-,19-,21-,22+,23+,24+,26+,28-,29+,30+/m1/s1. The molecular weight excluding hydrogens is 404 g/mol. The van der Waals surface area contributed by atoms with E-state index in [9.17, 15) is 0 Å². The monoisotopic (exact) mass is 448 g/mol. The highest BCUT2D eigenvalue weighted by Crippen LogP contribution is 2.65. The van der Waals surface area contributed by atoms with E-state index in [2.05, 4.69) is 44.1 Å². The lowest BCUT2D eigenvalue weighted by atomic mass is 9.52. The zero-order valence-electron chi connectivity index (χ0n) is 21.3. The highest BCUT2D eigenvalue weighted by Gasteiger charge is 2.59. The lowest BCUT2D eigenvalue weighted by Crippen LogP contribution is -2.47. The van der Waals surface area contributed by atoms with Gasteiger partial charge in [0.1, 0.15) is 0 Å². The van der Waals surface area contributed by atoms with Crippen molar-refractivity contribution in [2.45, 2.75) is 110 Å². The molecule has 3 saturated carbocycles. The van der Waals surface area contributed by atoms with E-state index >= 15 is 0 Å². The van der Waals surface area contributed by atoms with Gasteiger partial charge < -0.3 is 4.74 Å². The third-order valence-corrected chi connectivity index (χ3v) is 12.3. The number of H-pyrrole nitrogens is 1. The first-order valence-electron chi connectivity index (χ1n) is 14.3. The fourth-order valence-corrected chi connectivity index (χ4v) is 10.4. The molecule has 1 aliphatic heterocycles. The Hall–Kier alpha value is -1.09. The first-order chi connectivity index (χ1) is 15.9. The lowest BCUT2D eigenvalue weighted by Gasteiger charge is -2.52. The minimum atomic E-state index is 0.133. The van der Waals surface area contributed by atoms with Crippen molar-refractivity contribution in [1.82, 2.24) is 10.2 Å². The Labute approximate surface area is 200 Å². The summed E-state index contributed by atoms with van der Waals surface area (Å²) >= 11 is 0. The first-order valence-corrected chi connectivity index (χ1v) is 14.3. The summed E-state index contributed by atoms with van der Waals surface area (Å²) < 4.78 is 7.12. The van der Waals surface area contributed by atoms with E-state index in [1.165, 1.54) is 81.9 Å². The summed E-state index contributed by atoms with van der Waals surface area (Å²) in [5, 5.41) is 7.73. The Morgan fingerprint density at radius 1 is 1.03 bits per heavy atom. The number of aromatic amines is 1. The van der Waals surface area contributed by atoms with Crippen LogP contribution in [0.2, 0.25) is 0 Å². The number of hydrogen-bond donors (Lipinski definition) is 1. The van der Waals surface area contributed by atoms with E-state index in [4.69, 9.17) is 4.74 Å². The number of rotatable bonds is 0. The van der Waals surface area contributed by atoms with Crippen LogP contribution in [0.15, 0.2) is 17.3 Å². The molecule has 33 heavy (non-hydrogen) atoms. The Bertz CT molecular complexity index is 978. The van der Waals surface area contributed by atoms with Crippen molar-refractivity contribution in [1.29, 1.82) is 0 Å². The van der Waals surface area contributed by atoms with Gasteiger partial charge in [-0.2, -0.15) is 5.10 Å². The average Bonchev–Trinajstić information content (AvgIpc) is 3.43. The Morgan fingerprint density at radius 2 is 1.88 bits per heavy atom. The van der Waals surface area contributed by atoms with Crippen molar-refractivity contribution in [3.05, 3.63) is 28.6 Å². The predicted molar refractivity (Wildman–Crippen MR) is 132 cm³/mol. The molecule has 0 aromatic carbocycles. The molecule has 1 saturated heterocycles. The Kier molecular flexibility index (Phi) is 4.64. The minimum absolute atomic E-state index is 0.133. The minimum Gasteiger partial charge on any atom is -0.371 e. The molecule has 1 spiro atoms. The van der Waals surface area contributed by atoms with Crippen LogP contribution >= 0.6 is 0 Å². The van der Waals surface area contributed by atoms with Crippen LogP contribution < -0.4 is 0 Å². The van der Waals surface area contributed by atoms with Gasteiger partial charge in [0.2, 0.25) is 0 Å². The molecule has 2 heterocycles. The molecule has 1 aromatic rings. The zero-order chi connectivity index (χ0) is 22.5. The van der Waals surface area contributed by atoms with E-state index in [1.807, 2.05) is 5.57 Å². The molecule has 0 unspecified atom stereocenters. The van der Waals surface area contributed by atoms with Crippen LogP contribution in [0.3, 0.4) is 0 Å². The number of ether oxygens (including phenoxy) is 1. The third-order valence-electron chi connectivity index (χ3n) is 12.3. The van der Waals surface area contributed by atoms with Crippen LogP contribution in [0.25, 0.3) is 0 Å². The van der Waals surface area contributed by atoms with Gasteiger partial charge >= 0.3 is 0 Å². The summed E-state index contributed by atoms with van der Waals surface area (Å²) in [4.78, 5) is 0. The van der Waals surface area contributed by atoms with Crippen molar-refractivity contribution < 1.29 is 4.74 Å². The summed E-state index contributed by atoms with van der Waals surface area (Å²) in [6.07, 6.45) is 17.4. The second-order valence-corrected chi connectivity index (χ2v) is 13.7. The number of allylic oxidation sites excluding steroid dienone is 1. The van der Waals surface area contributed by atoms with E-state index in [0.717, 1.165) is 41.4 Å². The van der Waals surface area contributed by atoms with Crippen LogP contribution in [0, 0.1) is 46.8 Å². The van der Waals surface area contributed by atoms with Gasteiger partial charge in [-0.1, -0.05) is 38.3 Å². The average molecular weight is 449 g/mol. The number of aromatic nitrogens is 2. The van der Waals surface area contributed by atoms with Crippen molar-refractivity contribution in [3.8, 4) is 0 Å². The highest BCUT2D eigenvalue weighted by atomic mass is 16.5. The fourth-order valence-electron chi connectivity index (χ4n) is 10.4.